The van der Waals surface area contributed by atoms with E-state index in [-0.39, 0.29) is 11.9 Å². The van der Waals surface area contributed by atoms with E-state index in [1.807, 2.05) is 25.4 Å². The molecule has 1 aromatic carbocycles. The largest absolute Gasteiger partial charge is 0.366 e. The van der Waals surface area contributed by atoms with Gasteiger partial charge in [0.15, 0.2) is 5.11 Å². The van der Waals surface area contributed by atoms with Crippen molar-refractivity contribution >= 4 is 23.0 Å². The number of benzene rings is 1. The van der Waals surface area contributed by atoms with Gasteiger partial charge in [0.25, 0.3) is 0 Å². The average Bonchev–Trinajstić information content (AvgIpc) is 2.82. The molecular weight excluding hydrogens is 249 g/mol. The molecule has 0 fully saturated rings. The number of rotatable bonds is 3. The highest BCUT2D eigenvalue weighted by Crippen LogP contribution is 2.13. The second-order valence-electron chi connectivity index (χ2n) is 3.97. The van der Waals surface area contributed by atoms with E-state index in [0.29, 0.717) is 5.11 Å². The van der Waals surface area contributed by atoms with Crippen LogP contribution < -0.4 is 10.6 Å². The molecule has 0 radical (unpaired) electrons. The SMILES string of the molecule is CC(NC(=S)Nc1cc[nH]c1)c1ccc(F)cc1. The zero-order valence-electron chi connectivity index (χ0n) is 9.91. The molecule has 0 bridgehead atoms. The normalized spacial score (nSPS) is 11.9. The van der Waals surface area contributed by atoms with Crippen LogP contribution in [0.2, 0.25) is 0 Å². The summed E-state index contributed by atoms with van der Waals surface area (Å²) in [5.74, 6) is -0.237. The highest BCUT2D eigenvalue weighted by molar-refractivity contribution is 7.80. The van der Waals surface area contributed by atoms with Crippen LogP contribution in [0.15, 0.2) is 42.7 Å². The Balaban J connectivity index is 1.92. The molecule has 1 atom stereocenters. The summed E-state index contributed by atoms with van der Waals surface area (Å²) in [6.07, 6.45) is 3.63. The van der Waals surface area contributed by atoms with Gasteiger partial charge in [0.1, 0.15) is 5.82 Å². The smallest absolute Gasteiger partial charge is 0.171 e. The monoisotopic (exact) mass is 263 g/mol. The van der Waals surface area contributed by atoms with Crippen LogP contribution in [-0.4, -0.2) is 10.1 Å². The topological polar surface area (TPSA) is 39.8 Å². The summed E-state index contributed by atoms with van der Waals surface area (Å²) in [5.41, 5.74) is 1.88. The Hall–Kier alpha value is -1.88. The summed E-state index contributed by atoms with van der Waals surface area (Å²) in [6.45, 7) is 1.97. The van der Waals surface area contributed by atoms with Crippen molar-refractivity contribution < 1.29 is 4.39 Å². The van der Waals surface area contributed by atoms with Crippen LogP contribution in [0.25, 0.3) is 0 Å². The first-order chi connectivity index (χ1) is 8.65. The van der Waals surface area contributed by atoms with E-state index in [4.69, 9.17) is 12.2 Å². The van der Waals surface area contributed by atoms with Crippen molar-refractivity contribution in [1.82, 2.24) is 10.3 Å². The Bertz CT molecular complexity index is 508. The van der Waals surface area contributed by atoms with Crippen molar-refractivity contribution in [2.75, 3.05) is 5.32 Å². The summed E-state index contributed by atoms with van der Waals surface area (Å²) < 4.78 is 12.8. The van der Waals surface area contributed by atoms with E-state index in [0.717, 1.165) is 11.3 Å². The summed E-state index contributed by atoms with van der Waals surface area (Å²) >= 11 is 5.19. The number of nitrogens with one attached hydrogen (secondary N) is 3. The number of anilines is 1. The predicted molar refractivity (Wildman–Crippen MR) is 75.0 cm³/mol. The van der Waals surface area contributed by atoms with Gasteiger partial charge < -0.3 is 15.6 Å². The molecule has 94 valence electrons. The van der Waals surface area contributed by atoms with Crippen molar-refractivity contribution in [1.29, 1.82) is 0 Å². The minimum absolute atomic E-state index is 0.0181. The van der Waals surface area contributed by atoms with Crippen LogP contribution >= 0.6 is 12.2 Å². The number of halogens is 1. The van der Waals surface area contributed by atoms with Crippen molar-refractivity contribution in [3.63, 3.8) is 0 Å². The van der Waals surface area contributed by atoms with Gasteiger partial charge in [-0.05, 0) is 42.9 Å². The van der Waals surface area contributed by atoms with Crippen molar-refractivity contribution in [2.45, 2.75) is 13.0 Å². The molecule has 0 aliphatic heterocycles. The number of aromatic nitrogens is 1. The van der Waals surface area contributed by atoms with Gasteiger partial charge in [0.05, 0.1) is 11.7 Å². The van der Waals surface area contributed by atoms with Gasteiger partial charge in [-0.25, -0.2) is 4.39 Å². The molecule has 1 unspecified atom stereocenters. The average molecular weight is 263 g/mol. The van der Waals surface area contributed by atoms with Crippen LogP contribution in [0, 0.1) is 5.82 Å². The lowest BCUT2D eigenvalue weighted by Crippen LogP contribution is -2.30. The van der Waals surface area contributed by atoms with Crippen molar-refractivity contribution in [3.05, 3.63) is 54.1 Å². The Morgan fingerprint density at radius 1 is 1.28 bits per heavy atom. The van der Waals surface area contributed by atoms with Crippen LogP contribution in [0.5, 0.6) is 0 Å². The third-order valence-corrected chi connectivity index (χ3v) is 2.79. The molecular formula is C13H14FN3S. The number of aromatic amines is 1. The maximum atomic E-state index is 12.8. The Labute approximate surface area is 110 Å². The molecule has 2 rings (SSSR count). The van der Waals surface area contributed by atoms with Gasteiger partial charge in [-0.15, -0.1) is 0 Å². The summed E-state index contributed by atoms with van der Waals surface area (Å²) in [7, 11) is 0. The lowest BCUT2D eigenvalue weighted by atomic mass is 10.1. The second kappa shape index (κ2) is 5.64. The van der Waals surface area contributed by atoms with Crippen LogP contribution in [0.1, 0.15) is 18.5 Å². The van der Waals surface area contributed by atoms with Crippen LogP contribution in [-0.2, 0) is 0 Å². The maximum absolute atomic E-state index is 12.8. The summed E-state index contributed by atoms with van der Waals surface area (Å²) in [4.78, 5) is 2.93. The first-order valence-corrected chi connectivity index (χ1v) is 6.02. The minimum atomic E-state index is -0.237. The van der Waals surface area contributed by atoms with Gasteiger partial charge in [-0.2, -0.15) is 0 Å². The maximum Gasteiger partial charge on any atom is 0.171 e. The number of hydrogen-bond acceptors (Lipinski definition) is 1. The van der Waals surface area contributed by atoms with E-state index in [9.17, 15) is 4.39 Å². The molecule has 1 aromatic heterocycles. The molecule has 0 saturated heterocycles. The van der Waals surface area contributed by atoms with E-state index in [2.05, 4.69) is 15.6 Å². The molecule has 5 heteroatoms. The Kier molecular flexibility index (Phi) is 3.94. The lowest BCUT2D eigenvalue weighted by molar-refractivity contribution is 0.624. The van der Waals surface area contributed by atoms with E-state index in [1.165, 1.54) is 12.1 Å². The van der Waals surface area contributed by atoms with Gasteiger partial charge in [0.2, 0.25) is 0 Å². The molecule has 3 nitrogen and oxygen atoms in total. The first kappa shape index (κ1) is 12.6. The fourth-order valence-electron chi connectivity index (χ4n) is 1.60. The third kappa shape index (κ3) is 3.30. The van der Waals surface area contributed by atoms with Gasteiger partial charge in [-0.3, -0.25) is 0 Å². The molecule has 0 spiro atoms. The standard InChI is InChI=1S/C13H14FN3S/c1-9(10-2-4-11(14)5-3-10)16-13(18)17-12-6-7-15-8-12/h2-9,15H,1H3,(H2,16,17,18). The molecule has 0 aliphatic carbocycles. The highest BCUT2D eigenvalue weighted by atomic mass is 32.1. The molecule has 0 saturated carbocycles. The third-order valence-electron chi connectivity index (χ3n) is 2.57. The summed E-state index contributed by atoms with van der Waals surface area (Å²) in [6, 6.07) is 8.27. The molecule has 18 heavy (non-hydrogen) atoms. The zero-order valence-corrected chi connectivity index (χ0v) is 10.7. The van der Waals surface area contributed by atoms with E-state index >= 15 is 0 Å². The molecule has 2 aromatic rings. The van der Waals surface area contributed by atoms with E-state index in [1.54, 1.807) is 12.1 Å². The number of thiocarbonyl (C=S) groups is 1. The lowest BCUT2D eigenvalue weighted by Gasteiger charge is -2.16. The Morgan fingerprint density at radius 2 is 2.00 bits per heavy atom. The minimum Gasteiger partial charge on any atom is -0.366 e. The number of hydrogen-bond donors (Lipinski definition) is 3. The van der Waals surface area contributed by atoms with Crippen molar-refractivity contribution in [3.8, 4) is 0 Å². The second-order valence-corrected chi connectivity index (χ2v) is 4.38. The van der Waals surface area contributed by atoms with Gasteiger partial charge >= 0.3 is 0 Å². The number of H-pyrrole nitrogens is 1. The zero-order chi connectivity index (χ0) is 13.0. The first-order valence-electron chi connectivity index (χ1n) is 5.61. The van der Waals surface area contributed by atoms with Gasteiger partial charge in [0, 0.05) is 12.4 Å². The predicted octanol–water partition coefficient (Wildman–Crippen LogP) is 3.20. The van der Waals surface area contributed by atoms with Crippen molar-refractivity contribution in [2.24, 2.45) is 0 Å². The fourth-order valence-corrected chi connectivity index (χ4v) is 1.89. The van der Waals surface area contributed by atoms with Gasteiger partial charge in [-0.1, -0.05) is 12.1 Å². The quantitative estimate of drug-likeness (QED) is 0.745. The fraction of sp³-hybridized carbons (Fsp3) is 0.154. The summed E-state index contributed by atoms with van der Waals surface area (Å²) in [5, 5.41) is 6.72. The Morgan fingerprint density at radius 3 is 2.61 bits per heavy atom. The van der Waals surface area contributed by atoms with Crippen LogP contribution in [0.3, 0.4) is 0 Å². The molecule has 1 heterocycles. The highest BCUT2D eigenvalue weighted by Gasteiger charge is 2.07. The molecule has 3 N–H and O–H groups in total. The van der Waals surface area contributed by atoms with E-state index < -0.39 is 0 Å². The molecule has 0 amide bonds. The van der Waals surface area contributed by atoms with Crippen LogP contribution in [0.4, 0.5) is 10.1 Å². The molecule has 0 aliphatic rings.